The highest BCUT2D eigenvalue weighted by Crippen LogP contribution is 2.49. The van der Waals surface area contributed by atoms with Gasteiger partial charge in [-0.3, -0.25) is 4.84 Å². The monoisotopic (exact) mass is 418 g/mol. The molecule has 2 amide bonds. The number of carbonyl (C=O) groups is 1. The van der Waals surface area contributed by atoms with Crippen LogP contribution in [0.2, 0.25) is 0 Å². The van der Waals surface area contributed by atoms with E-state index in [1.54, 1.807) is 12.2 Å². The molecule has 0 bridgehead atoms. The van der Waals surface area contributed by atoms with Crippen LogP contribution in [0.4, 0.5) is 13.6 Å². The second kappa shape index (κ2) is 8.73. The van der Waals surface area contributed by atoms with Gasteiger partial charge in [-0.15, -0.1) is 0 Å². The molecule has 1 heterocycles. The zero-order valence-electron chi connectivity index (χ0n) is 15.9. The topological polar surface area (TPSA) is 71.2 Å². The van der Waals surface area contributed by atoms with Crippen molar-refractivity contribution in [2.45, 2.75) is 4.87 Å². The third-order valence-corrected chi connectivity index (χ3v) is 5.66. The molecule has 0 saturated carbocycles. The molecule has 1 atom stereocenters. The summed E-state index contributed by atoms with van der Waals surface area (Å²) >= 11 is 1.12. The molecular weight excluding hydrogens is 398 g/mol. The summed E-state index contributed by atoms with van der Waals surface area (Å²) in [4.78, 5) is 16.9. The minimum absolute atomic E-state index is 0.0353. The average molecular weight is 418 g/mol. The lowest BCUT2D eigenvalue weighted by Gasteiger charge is -2.34. The number of halogens is 2. The van der Waals surface area contributed by atoms with Crippen molar-refractivity contribution in [1.82, 2.24) is 10.1 Å². The van der Waals surface area contributed by atoms with Crippen LogP contribution in [0.1, 0.15) is 11.1 Å². The molecule has 2 N–H and O–H groups in total. The van der Waals surface area contributed by atoms with E-state index in [2.05, 4.69) is 5.10 Å². The van der Waals surface area contributed by atoms with Crippen molar-refractivity contribution in [1.29, 1.82) is 0 Å². The van der Waals surface area contributed by atoms with Crippen molar-refractivity contribution in [3.63, 3.8) is 0 Å². The van der Waals surface area contributed by atoms with Gasteiger partial charge in [-0.25, -0.2) is 18.6 Å². The van der Waals surface area contributed by atoms with E-state index in [1.165, 1.54) is 19.2 Å². The van der Waals surface area contributed by atoms with E-state index in [0.717, 1.165) is 35.0 Å². The molecule has 29 heavy (non-hydrogen) atoms. The number of rotatable bonds is 5. The third-order valence-electron chi connectivity index (χ3n) is 4.31. The molecule has 3 rings (SSSR count). The lowest BCUT2D eigenvalue weighted by atomic mass is 10.1. The molecule has 152 valence electrons. The maximum atomic E-state index is 14.4. The van der Waals surface area contributed by atoms with E-state index in [1.807, 2.05) is 30.3 Å². The van der Waals surface area contributed by atoms with E-state index in [-0.39, 0.29) is 17.2 Å². The van der Waals surface area contributed by atoms with Crippen LogP contribution >= 0.6 is 11.8 Å². The normalized spacial score (nSPS) is 18.9. The fourth-order valence-corrected chi connectivity index (χ4v) is 4.14. The van der Waals surface area contributed by atoms with E-state index in [4.69, 9.17) is 10.6 Å². The predicted molar refractivity (Wildman–Crippen MR) is 109 cm³/mol. The number of hydrazone groups is 1. The summed E-state index contributed by atoms with van der Waals surface area (Å²) in [7, 11) is 2.78. The van der Waals surface area contributed by atoms with E-state index in [9.17, 15) is 13.6 Å². The van der Waals surface area contributed by atoms with Gasteiger partial charge in [-0.05, 0) is 29.8 Å². The molecule has 1 unspecified atom stereocenters. The Kier molecular flexibility index (Phi) is 6.31. The minimum atomic E-state index is -1.15. The minimum Gasteiger partial charge on any atom is -0.327 e. The average Bonchev–Trinajstić information content (AvgIpc) is 3.14. The molecule has 9 heteroatoms. The standard InChI is InChI=1S/C20H20F2N4O2S/c1-25(28-2)19(27)26-20(11-6-12-23,14-7-4-3-5-8-14)29-18(24-26)16-13-15(21)9-10-17(16)22/h3-11,13H,12,23H2,1-2H3. The predicted octanol–water partition coefficient (Wildman–Crippen LogP) is 3.66. The summed E-state index contributed by atoms with van der Waals surface area (Å²) in [5.74, 6) is -1.25. The number of urea groups is 1. The van der Waals surface area contributed by atoms with Gasteiger partial charge in [0.1, 0.15) is 16.7 Å². The molecule has 0 aromatic heterocycles. The van der Waals surface area contributed by atoms with Crippen LogP contribution in [0, 0.1) is 11.6 Å². The molecule has 2 aromatic rings. The zero-order chi connectivity index (χ0) is 21.0. The lowest BCUT2D eigenvalue weighted by Crippen LogP contribution is -2.45. The van der Waals surface area contributed by atoms with Crippen LogP contribution in [0.5, 0.6) is 0 Å². The highest BCUT2D eigenvalue weighted by Gasteiger charge is 2.48. The number of amides is 2. The highest BCUT2D eigenvalue weighted by atomic mass is 32.2. The van der Waals surface area contributed by atoms with E-state index in [0.29, 0.717) is 5.56 Å². The van der Waals surface area contributed by atoms with Gasteiger partial charge < -0.3 is 5.73 Å². The van der Waals surface area contributed by atoms with Gasteiger partial charge in [0.2, 0.25) is 0 Å². The summed E-state index contributed by atoms with van der Waals surface area (Å²) < 4.78 is 28.2. The van der Waals surface area contributed by atoms with Gasteiger partial charge in [0.05, 0.1) is 7.11 Å². The van der Waals surface area contributed by atoms with Crippen molar-refractivity contribution in [2.24, 2.45) is 10.8 Å². The van der Waals surface area contributed by atoms with Crippen molar-refractivity contribution in [3.8, 4) is 0 Å². The number of carbonyl (C=O) groups excluding carboxylic acids is 1. The second-order valence-corrected chi connectivity index (χ2v) is 7.32. The number of hydroxylamine groups is 2. The zero-order valence-corrected chi connectivity index (χ0v) is 16.7. The Balaban J connectivity index is 2.19. The van der Waals surface area contributed by atoms with Gasteiger partial charge in [0, 0.05) is 19.2 Å². The fraction of sp³-hybridized carbons (Fsp3) is 0.200. The quantitative estimate of drug-likeness (QED) is 0.594. The van der Waals surface area contributed by atoms with Crippen LogP contribution in [0.15, 0.2) is 65.8 Å². The van der Waals surface area contributed by atoms with Gasteiger partial charge in [0.15, 0.2) is 4.87 Å². The van der Waals surface area contributed by atoms with Gasteiger partial charge in [-0.1, -0.05) is 48.2 Å². The van der Waals surface area contributed by atoms with Crippen molar-refractivity contribution in [2.75, 3.05) is 20.7 Å². The van der Waals surface area contributed by atoms with Gasteiger partial charge >= 0.3 is 6.03 Å². The SMILES string of the molecule is CON(C)C(=O)N1N=C(c2cc(F)ccc2F)SC1(C=CCN)c1ccccc1. The molecule has 1 aliphatic heterocycles. The number of nitrogens with zero attached hydrogens (tertiary/aromatic N) is 3. The molecule has 1 aliphatic rings. The lowest BCUT2D eigenvalue weighted by molar-refractivity contribution is -0.0786. The van der Waals surface area contributed by atoms with Crippen molar-refractivity contribution < 1.29 is 18.4 Å². The third kappa shape index (κ3) is 4.02. The Morgan fingerprint density at radius 2 is 2.03 bits per heavy atom. The van der Waals surface area contributed by atoms with Crippen molar-refractivity contribution >= 4 is 22.8 Å². The van der Waals surface area contributed by atoms with Crippen LogP contribution in [0.3, 0.4) is 0 Å². The number of hydrogen-bond donors (Lipinski definition) is 1. The Morgan fingerprint density at radius 3 is 2.69 bits per heavy atom. The molecule has 0 saturated heterocycles. The fourth-order valence-electron chi connectivity index (χ4n) is 2.83. The van der Waals surface area contributed by atoms with Gasteiger partial charge in [-0.2, -0.15) is 10.1 Å². The number of hydrogen-bond acceptors (Lipinski definition) is 5. The smallest absolute Gasteiger partial charge is 0.327 e. The van der Waals surface area contributed by atoms with Crippen LogP contribution in [-0.4, -0.2) is 41.8 Å². The largest absolute Gasteiger partial charge is 0.366 e. The molecule has 0 fully saturated rings. The van der Waals surface area contributed by atoms with Crippen LogP contribution < -0.4 is 5.73 Å². The van der Waals surface area contributed by atoms with Crippen molar-refractivity contribution in [3.05, 3.63) is 83.4 Å². The maximum Gasteiger partial charge on any atom is 0.366 e. The highest BCUT2D eigenvalue weighted by molar-refractivity contribution is 8.15. The molecule has 0 radical (unpaired) electrons. The Bertz CT molecular complexity index is 955. The van der Waals surface area contributed by atoms with Crippen LogP contribution in [-0.2, 0) is 9.71 Å². The number of thioether (sulfide) groups is 1. The Hall–Kier alpha value is -2.75. The molecule has 6 nitrogen and oxygen atoms in total. The maximum absolute atomic E-state index is 14.4. The number of benzene rings is 2. The van der Waals surface area contributed by atoms with E-state index >= 15 is 0 Å². The summed E-state index contributed by atoms with van der Waals surface area (Å²) in [6, 6.07) is 11.6. The Labute approximate surface area is 171 Å². The summed E-state index contributed by atoms with van der Waals surface area (Å²) in [5.41, 5.74) is 6.34. The summed E-state index contributed by atoms with van der Waals surface area (Å²) in [5, 5.41) is 6.70. The second-order valence-electron chi connectivity index (χ2n) is 6.11. The molecule has 0 aliphatic carbocycles. The van der Waals surface area contributed by atoms with Crippen LogP contribution in [0.25, 0.3) is 0 Å². The molecule has 0 spiro atoms. The summed E-state index contributed by atoms with van der Waals surface area (Å²) in [6.45, 7) is 0.223. The van der Waals surface area contributed by atoms with Gasteiger partial charge in [0.25, 0.3) is 0 Å². The first-order valence-electron chi connectivity index (χ1n) is 8.71. The van der Waals surface area contributed by atoms with E-state index < -0.39 is 22.5 Å². The molecular formula is C20H20F2N4O2S. The first-order chi connectivity index (χ1) is 13.9. The Morgan fingerprint density at radius 1 is 1.31 bits per heavy atom. The first-order valence-corrected chi connectivity index (χ1v) is 9.53. The number of nitrogens with two attached hydrogens (primary N) is 1. The summed E-state index contributed by atoms with van der Waals surface area (Å²) in [6.07, 6.45) is 3.41. The molecule has 2 aromatic carbocycles. The first kappa shape index (κ1) is 21.0.